The third-order valence-corrected chi connectivity index (χ3v) is 4.21. The zero-order chi connectivity index (χ0) is 22.9. The summed E-state index contributed by atoms with van der Waals surface area (Å²) in [6, 6.07) is 18.4. The van der Waals surface area contributed by atoms with E-state index in [9.17, 15) is 19.7 Å². The molecule has 0 aliphatic rings. The van der Waals surface area contributed by atoms with Gasteiger partial charge in [0, 0.05) is 17.7 Å². The molecule has 9 nitrogen and oxygen atoms in total. The lowest BCUT2D eigenvalue weighted by atomic mass is 10.2. The molecule has 3 aromatic carbocycles. The van der Waals surface area contributed by atoms with Crippen LogP contribution in [0.3, 0.4) is 0 Å². The molecule has 1 N–H and O–H groups in total. The molecule has 0 fully saturated rings. The van der Waals surface area contributed by atoms with Crippen molar-refractivity contribution < 1.29 is 24.0 Å². The minimum absolute atomic E-state index is 0.103. The van der Waals surface area contributed by atoms with Gasteiger partial charge in [0.25, 0.3) is 11.6 Å². The second-order valence-electron chi connectivity index (χ2n) is 6.42. The van der Waals surface area contributed by atoms with Gasteiger partial charge in [0.1, 0.15) is 11.5 Å². The van der Waals surface area contributed by atoms with Crippen molar-refractivity contribution in [2.75, 3.05) is 6.61 Å². The predicted molar refractivity (Wildman–Crippen MR) is 117 cm³/mol. The Balaban J connectivity index is 1.53. The Morgan fingerprint density at radius 2 is 1.53 bits per heavy atom. The summed E-state index contributed by atoms with van der Waals surface area (Å²) in [4.78, 5) is 34.4. The lowest BCUT2D eigenvalue weighted by Gasteiger charge is -2.06. The van der Waals surface area contributed by atoms with Gasteiger partial charge in [-0.2, -0.15) is 5.10 Å². The first-order valence-electron chi connectivity index (χ1n) is 9.59. The van der Waals surface area contributed by atoms with Gasteiger partial charge in [-0.3, -0.25) is 14.9 Å². The lowest BCUT2D eigenvalue weighted by molar-refractivity contribution is -0.384. The van der Waals surface area contributed by atoms with E-state index in [1.54, 1.807) is 48.5 Å². The van der Waals surface area contributed by atoms with Crippen LogP contribution in [-0.2, 0) is 0 Å². The van der Waals surface area contributed by atoms with E-state index in [0.29, 0.717) is 29.2 Å². The first-order valence-corrected chi connectivity index (χ1v) is 9.59. The summed E-state index contributed by atoms with van der Waals surface area (Å²) in [6.07, 6.45) is 1.42. The largest absolute Gasteiger partial charge is 0.494 e. The average Bonchev–Trinajstić information content (AvgIpc) is 2.81. The van der Waals surface area contributed by atoms with Gasteiger partial charge in [-0.05, 0) is 73.2 Å². The molecule has 3 rings (SSSR count). The second kappa shape index (κ2) is 10.5. The van der Waals surface area contributed by atoms with Crippen LogP contribution in [0.1, 0.15) is 33.2 Å². The maximum atomic E-state index is 12.2. The summed E-state index contributed by atoms with van der Waals surface area (Å²) >= 11 is 0. The molecule has 0 aromatic heterocycles. The van der Waals surface area contributed by atoms with Crippen molar-refractivity contribution >= 4 is 23.8 Å². The Kier molecular flexibility index (Phi) is 7.26. The summed E-state index contributed by atoms with van der Waals surface area (Å²) in [6.45, 7) is 2.42. The molecule has 0 atom stereocenters. The quantitative estimate of drug-likeness (QED) is 0.189. The number of esters is 1. The van der Waals surface area contributed by atoms with Gasteiger partial charge in [0.2, 0.25) is 0 Å². The van der Waals surface area contributed by atoms with Crippen LogP contribution < -0.4 is 14.9 Å². The number of nitrogens with one attached hydrogen (secondary N) is 1. The van der Waals surface area contributed by atoms with E-state index in [1.807, 2.05) is 6.92 Å². The molecule has 162 valence electrons. The van der Waals surface area contributed by atoms with Crippen molar-refractivity contribution in [3.05, 3.63) is 99.6 Å². The zero-order valence-electron chi connectivity index (χ0n) is 17.1. The average molecular weight is 433 g/mol. The topological polar surface area (TPSA) is 120 Å². The molecule has 1 amide bonds. The Labute approximate surface area is 183 Å². The van der Waals surface area contributed by atoms with Crippen molar-refractivity contribution in [1.82, 2.24) is 5.43 Å². The number of nitro benzene ring substituents is 1. The number of rotatable bonds is 8. The van der Waals surface area contributed by atoms with Crippen molar-refractivity contribution in [2.24, 2.45) is 5.10 Å². The third kappa shape index (κ3) is 5.99. The van der Waals surface area contributed by atoms with Crippen molar-refractivity contribution in [3.8, 4) is 11.5 Å². The van der Waals surface area contributed by atoms with E-state index in [0.717, 1.165) is 0 Å². The van der Waals surface area contributed by atoms with Gasteiger partial charge in [-0.1, -0.05) is 0 Å². The van der Waals surface area contributed by atoms with Crippen LogP contribution in [0, 0.1) is 10.1 Å². The molecule has 0 aliphatic carbocycles. The predicted octanol–water partition coefficient (Wildman–Crippen LogP) is 3.98. The molecule has 0 heterocycles. The number of amides is 1. The molecule has 0 unspecified atom stereocenters. The zero-order valence-corrected chi connectivity index (χ0v) is 17.1. The van der Waals surface area contributed by atoms with Crippen LogP contribution in [0.4, 0.5) is 5.69 Å². The van der Waals surface area contributed by atoms with Gasteiger partial charge in [-0.25, -0.2) is 10.2 Å². The summed E-state index contributed by atoms with van der Waals surface area (Å²) in [5, 5.41) is 14.5. The highest BCUT2D eigenvalue weighted by atomic mass is 16.6. The summed E-state index contributed by atoms with van der Waals surface area (Å²) in [5.41, 5.74) is 3.54. The molecule has 9 heteroatoms. The van der Waals surface area contributed by atoms with Crippen LogP contribution in [0.15, 0.2) is 77.9 Å². The summed E-state index contributed by atoms with van der Waals surface area (Å²) < 4.78 is 10.7. The molecule has 0 spiro atoms. The number of hydrazone groups is 1. The summed E-state index contributed by atoms with van der Waals surface area (Å²) in [5.74, 6) is 0.0335. The van der Waals surface area contributed by atoms with Crippen LogP contribution in [0.25, 0.3) is 0 Å². The maximum Gasteiger partial charge on any atom is 0.343 e. The second-order valence-corrected chi connectivity index (χ2v) is 6.42. The molecule has 0 saturated heterocycles. The van der Waals surface area contributed by atoms with E-state index in [4.69, 9.17) is 9.47 Å². The maximum absolute atomic E-state index is 12.2. The standard InChI is InChI=1S/C23H19N3O6/c1-2-31-20-13-7-18(8-14-20)23(28)32-21-11-3-16(4-12-21)15-24-25-22(27)17-5-9-19(10-6-17)26(29)30/h3-15H,2H2,1H3,(H,25,27)/b24-15-. The Morgan fingerprint density at radius 3 is 2.12 bits per heavy atom. The smallest absolute Gasteiger partial charge is 0.343 e. The molecule has 0 aliphatic heterocycles. The number of carbonyl (C=O) groups is 2. The molecule has 0 saturated carbocycles. The highest BCUT2D eigenvalue weighted by Crippen LogP contribution is 2.16. The molecule has 3 aromatic rings. The monoisotopic (exact) mass is 433 g/mol. The van der Waals surface area contributed by atoms with Crippen molar-refractivity contribution in [3.63, 3.8) is 0 Å². The number of hydrogen-bond acceptors (Lipinski definition) is 7. The van der Waals surface area contributed by atoms with E-state index in [1.165, 1.54) is 30.5 Å². The van der Waals surface area contributed by atoms with E-state index in [2.05, 4.69) is 10.5 Å². The highest BCUT2D eigenvalue weighted by Gasteiger charge is 2.10. The molecule has 0 bridgehead atoms. The number of benzene rings is 3. The normalized spacial score (nSPS) is 10.5. The Morgan fingerprint density at radius 1 is 0.938 bits per heavy atom. The SMILES string of the molecule is CCOc1ccc(C(=O)Oc2ccc(/C=N\NC(=O)c3ccc([N+](=O)[O-])cc3)cc2)cc1. The van der Waals surface area contributed by atoms with Crippen molar-refractivity contribution in [2.45, 2.75) is 6.92 Å². The first kappa shape index (κ1) is 22.2. The first-order chi connectivity index (χ1) is 15.5. The molecule has 32 heavy (non-hydrogen) atoms. The third-order valence-electron chi connectivity index (χ3n) is 4.21. The Hall–Kier alpha value is -4.53. The van der Waals surface area contributed by atoms with Crippen molar-refractivity contribution in [1.29, 1.82) is 0 Å². The fraction of sp³-hybridized carbons (Fsp3) is 0.0870. The molecular weight excluding hydrogens is 414 g/mol. The van der Waals surface area contributed by atoms with E-state index >= 15 is 0 Å². The van der Waals surface area contributed by atoms with E-state index < -0.39 is 16.8 Å². The fourth-order valence-electron chi connectivity index (χ4n) is 2.61. The number of ether oxygens (including phenoxy) is 2. The van der Waals surface area contributed by atoms with Gasteiger partial charge >= 0.3 is 5.97 Å². The number of nitro groups is 1. The van der Waals surface area contributed by atoms with E-state index in [-0.39, 0.29) is 11.3 Å². The minimum Gasteiger partial charge on any atom is -0.494 e. The van der Waals surface area contributed by atoms with Gasteiger partial charge in [0.05, 0.1) is 23.3 Å². The minimum atomic E-state index is -0.543. The van der Waals surface area contributed by atoms with Crippen LogP contribution in [0.5, 0.6) is 11.5 Å². The number of non-ortho nitro benzene ring substituents is 1. The summed E-state index contributed by atoms with van der Waals surface area (Å²) in [7, 11) is 0. The fourth-order valence-corrected chi connectivity index (χ4v) is 2.61. The molecular formula is C23H19N3O6. The number of carbonyl (C=O) groups excluding carboxylic acids is 2. The Bertz CT molecular complexity index is 1120. The van der Waals surface area contributed by atoms with Crippen LogP contribution in [-0.4, -0.2) is 29.6 Å². The van der Waals surface area contributed by atoms with Gasteiger partial charge in [0.15, 0.2) is 0 Å². The van der Waals surface area contributed by atoms with Gasteiger partial charge in [-0.15, -0.1) is 0 Å². The number of hydrogen-bond donors (Lipinski definition) is 1. The highest BCUT2D eigenvalue weighted by molar-refractivity contribution is 5.95. The van der Waals surface area contributed by atoms with Crippen LogP contribution >= 0.6 is 0 Å². The van der Waals surface area contributed by atoms with Crippen LogP contribution in [0.2, 0.25) is 0 Å². The molecule has 0 radical (unpaired) electrons. The van der Waals surface area contributed by atoms with Gasteiger partial charge < -0.3 is 9.47 Å². The lowest BCUT2D eigenvalue weighted by Crippen LogP contribution is -2.17. The number of nitrogens with zero attached hydrogens (tertiary/aromatic N) is 2.